The Morgan fingerprint density at radius 3 is 2.65 bits per heavy atom. The van der Waals surface area contributed by atoms with Crippen LogP contribution in [0.25, 0.3) is 0 Å². The molecule has 1 amide bonds. The van der Waals surface area contributed by atoms with Gasteiger partial charge in [0.2, 0.25) is 0 Å². The summed E-state index contributed by atoms with van der Waals surface area (Å²) in [5.41, 5.74) is 0.394. The smallest absolute Gasteiger partial charge is 0.328 e. The molecule has 0 N–H and O–H groups in total. The second-order valence-electron chi connectivity index (χ2n) is 6.37. The Morgan fingerprint density at radius 2 is 2.00 bits per heavy atom. The van der Waals surface area contributed by atoms with Gasteiger partial charge in [-0.05, 0) is 55.9 Å². The van der Waals surface area contributed by atoms with E-state index >= 15 is 0 Å². The van der Waals surface area contributed by atoms with E-state index in [1.165, 1.54) is 29.2 Å². The summed E-state index contributed by atoms with van der Waals surface area (Å²) in [4.78, 5) is 26.2. The van der Waals surface area contributed by atoms with Gasteiger partial charge in [0, 0.05) is 12.1 Å². The molecule has 1 aliphatic heterocycles. The van der Waals surface area contributed by atoms with Gasteiger partial charge in [-0.1, -0.05) is 13.8 Å². The lowest BCUT2D eigenvalue weighted by Gasteiger charge is -2.23. The highest BCUT2D eigenvalue weighted by atomic mass is 19.1. The van der Waals surface area contributed by atoms with Gasteiger partial charge < -0.3 is 9.64 Å². The maximum atomic E-state index is 13.0. The normalized spacial score (nSPS) is 17.6. The zero-order chi connectivity index (χ0) is 16.8. The number of rotatable bonds is 6. The van der Waals surface area contributed by atoms with Crippen molar-refractivity contribution < 1.29 is 18.7 Å². The van der Waals surface area contributed by atoms with Crippen molar-refractivity contribution in [2.75, 3.05) is 13.2 Å². The molecule has 1 aromatic rings. The van der Waals surface area contributed by atoms with Gasteiger partial charge in [0.05, 0.1) is 6.61 Å². The van der Waals surface area contributed by atoms with E-state index in [-0.39, 0.29) is 17.7 Å². The summed E-state index contributed by atoms with van der Waals surface area (Å²) >= 11 is 0. The average molecular weight is 321 g/mol. The van der Waals surface area contributed by atoms with Crippen molar-refractivity contribution in [3.05, 3.63) is 35.6 Å². The van der Waals surface area contributed by atoms with Crippen LogP contribution in [0.3, 0.4) is 0 Å². The lowest BCUT2D eigenvalue weighted by Crippen LogP contribution is -2.41. The van der Waals surface area contributed by atoms with E-state index in [4.69, 9.17) is 4.74 Å². The largest absolute Gasteiger partial charge is 0.464 e. The van der Waals surface area contributed by atoms with Gasteiger partial charge in [0.15, 0.2) is 0 Å². The zero-order valence-corrected chi connectivity index (χ0v) is 13.8. The van der Waals surface area contributed by atoms with Crippen LogP contribution in [0.5, 0.6) is 0 Å². The molecule has 1 unspecified atom stereocenters. The molecule has 2 rings (SSSR count). The molecule has 126 valence electrons. The third-order valence-electron chi connectivity index (χ3n) is 4.05. The highest BCUT2D eigenvalue weighted by Gasteiger charge is 2.35. The zero-order valence-electron chi connectivity index (χ0n) is 13.8. The number of amides is 1. The Morgan fingerprint density at radius 1 is 1.30 bits per heavy atom. The molecule has 0 aliphatic carbocycles. The van der Waals surface area contributed by atoms with E-state index in [2.05, 4.69) is 13.8 Å². The molecule has 4 nitrogen and oxygen atoms in total. The Hall–Kier alpha value is -1.91. The van der Waals surface area contributed by atoms with Crippen molar-refractivity contribution >= 4 is 11.9 Å². The van der Waals surface area contributed by atoms with Crippen molar-refractivity contribution in [2.24, 2.45) is 5.92 Å². The summed E-state index contributed by atoms with van der Waals surface area (Å²) < 4.78 is 18.3. The minimum absolute atomic E-state index is 0.244. The molecule has 0 saturated carbocycles. The van der Waals surface area contributed by atoms with Gasteiger partial charge in [0.25, 0.3) is 5.91 Å². The number of nitrogens with zero attached hydrogens (tertiary/aromatic N) is 1. The number of halogens is 1. The maximum Gasteiger partial charge on any atom is 0.328 e. The lowest BCUT2D eigenvalue weighted by molar-refractivity contribution is -0.148. The van der Waals surface area contributed by atoms with Gasteiger partial charge in [-0.25, -0.2) is 9.18 Å². The predicted octanol–water partition coefficient (Wildman–Crippen LogP) is 3.41. The van der Waals surface area contributed by atoms with Crippen molar-refractivity contribution in [3.8, 4) is 0 Å². The van der Waals surface area contributed by atoms with Crippen molar-refractivity contribution in [1.29, 1.82) is 0 Å². The van der Waals surface area contributed by atoms with E-state index in [1.807, 2.05) is 0 Å². The molecule has 0 aromatic heterocycles. The van der Waals surface area contributed by atoms with Crippen molar-refractivity contribution in [3.63, 3.8) is 0 Å². The number of benzene rings is 1. The van der Waals surface area contributed by atoms with E-state index in [0.717, 1.165) is 19.3 Å². The molecule has 5 heteroatoms. The SMILES string of the molecule is CC(C)CCCOC(=O)C1CCCN1C(=O)c1ccc(F)cc1. The molecule has 1 aromatic carbocycles. The quantitative estimate of drug-likeness (QED) is 0.596. The minimum Gasteiger partial charge on any atom is -0.464 e. The van der Waals surface area contributed by atoms with Crippen molar-refractivity contribution in [1.82, 2.24) is 4.90 Å². The summed E-state index contributed by atoms with van der Waals surface area (Å²) in [5.74, 6) is -0.380. The van der Waals surface area contributed by atoms with E-state index in [1.54, 1.807) is 0 Å². The summed E-state index contributed by atoms with van der Waals surface area (Å²) in [6.45, 7) is 5.18. The number of ether oxygens (including phenoxy) is 1. The molecule has 23 heavy (non-hydrogen) atoms. The molecule has 1 saturated heterocycles. The van der Waals surface area contributed by atoms with E-state index in [9.17, 15) is 14.0 Å². The fraction of sp³-hybridized carbons (Fsp3) is 0.556. The Labute approximate surface area is 136 Å². The van der Waals surface area contributed by atoms with Gasteiger partial charge in [-0.15, -0.1) is 0 Å². The van der Waals surface area contributed by atoms with Gasteiger partial charge >= 0.3 is 5.97 Å². The number of likely N-dealkylation sites (tertiary alicyclic amines) is 1. The van der Waals surface area contributed by atoms with Crippen LogP contribution in [0.4, 0.5) is 4.39 Å². The first-order valence-electron chi connectivity index (χ1n) is 8.22. The van der Waals surface area contributed by atoms with Crippen LogP contribution >= 0.6 is 0 Å². The molecule has 0 bridgehead atoms. The van der Waals surface area contributed by atoms with Gasteiger partial charge in [-0.3, -0.25) is 4.79 Å². The summed E-state index contributed by atoms with van der Waals surface area (Å²) in [6, 6.07) is 4.87. The first-order chi connectivity index (χ1) is 11.0. The van der Waals surface area contributed by atoms with Gasteiger partial charge in [0.1, 0.15) is 11.9 Å². The summed E-state index contributed by atoms with van der Waals surface area (Å²) in [7, 11) is 0. The molecule has 1 aliphatic rings. The number of esters is 1. The first kappa shape index (κ1) is 17.4. The van der Waals surface area contributed by atoms with Crippen LogP contribution in [0.1, 0.15) is 49.9 Å². The lowest BCUT2D eigenvalue weighted by atomic mass is 10.1. The van der Waals surface area contributed by atoms with Crippen molar-refractivity contribution in [2.45, 2.75) is 45.6 Å². The molecule has 1 atom stereocenters. The van der Waals surface area contributed by atoms with Crippen LogP contribution in [-0.4, -0.2) is 36.0 Å². The number of carbonyl (C=O) groups excluding carboxylic acids is 2. The van der Waals surface area contributed by atoms with Crippen LogP contribution < -0.4 is 0 Å². The Bertz CT molecular complexity index is 542. The van der Waals surface area contributed by atoms with Crippen LogP contribution in [0.2, 0.25) is 0 Å². The van der Waals surface area contributed by atoms with Crippen LogP contribution in [-0.2, 0) is 9.53 Å². The Kier molecular flexibility index (Phi) is 6.13. The number of hydrogen-bond acceptors (Lipinski definition) is 3. The van der Waals surface area contributed by atoms with Gasteiger partial charge in [-0.2, -0.15) is 0 Å². The second kappa shape index (κ2) is 8.09. The fourth-order valence-electron chi connectivity index (χ4n) is 2.77. The monoisotopic (exact) mass is 321 g/mol. The highest BCUT2D eigenvalue weighted by molar-refractivity contribution is 5.97. The van der Waals surface area contributed by atoms with E-state index < -0.39 is 6.04 Å². The molecule has 0 radical (unpaired) electrons. The molecule has 1 fully saturated rings. The standard InChI is InChI=1S/C18H24FNO3/c1-13(2)5-4-12-23-18(22)16-6-3-11-20(16)17(21)14-7-9-15(19)10-8-14/h7-10,13,16H,3-6,11-12H2,1-2H3. The number of hydrogen-bond donors (Lipinski definition) is 0. The van der Waals surface area contributed by atoms with Crippen LogP contribution in [0.15, 0.2) is 24.3 Å². The first-order valence-corrected chi connectivity index (χ1v) is 8.22. The topological polar surface area (TPSA) is 46.6 Å². The van der Waals surface area contributed by atoms with Crippen LogP contribution in [0, 0.1) is 11.7 Å². The summed E-state index contributed by atoms with van der Waals surface area (Å²) in [6.07, 6.45) is 3.24. The fourth-order valence-corrected chi connectivity index (χ4v) is 2.77. The number of carbonyl (C=O) groups is 2. The molecule has 0 spiro atoms. The van der Waals surface area contributed by atoms with E-state index in [0.29, 0.717) is 31.1 Å². The molecular weight excluding hydrogens is 297 g/mol. The minimum atomic E-state index is -0.522. The highest BCUT2D eigenvalue weighted by Crippen LogP contribution is 2.21. The molecular formula is C18H24FNO3. The average Bonchev–Trinajstić information content (AvgIpc) is 3.01. The predicted molar refractivity (Wildman–Crippen MR) is 85.5 cm³/mol. The third kappa shape index (κ3) is 4.78. The Balaban J connectivity index is 1.92. The third-order valence-corrected chi connectivity index (χ3v) is 4.05. The maximum absolute atomic E-state index is 13.0. The molecule has 1 heterocycles. The summed E-state index contributed by atoms with van der Waals surface area (Å²) in [5, 5.41) is 0. The second-order valence-corrected chi connectivity index (χ2v) is 6.37.